The topological polar surface area (TPSA) is 78.4 Å². The van der Waals surface area contributed by atoms with Gasteiger partial charge in [0.25, 0.3) is 5.91 Å². The SMILES string of the molecule is O=C(c1cnc2c(c1)N(Cc1cscn1)C(=O)CN2)N1Cc2ccccc2C1. The molecule has 2 aliphatic rings. The molecule has 5 rings (SSSR count). The summed E-state index contributed by atoms with van der Waals surface area (Å²) >= 11 is 1.49. The van der Waals surface area contributed by atoms with Gasteiger partial charge in [0, 0.05) is 24.7 Å². The summed E-state index contributed by atoms with van der Waals surface area (Å²) in [5.41, 5.74) is 6.00. The van der Waals surface area contributed by atoms with Crippen LogP contribution in [0.15, 0.2) is 47.4 Å². The number of pyridine rings is 1. The van der Waals surface area contributed by atoms with Crippen LogP contribution in [0.2, 0.25) is 0 Å². The predicted molar refractivity (Wildman–Crippen MR) is 106 cm³/mol. The number of nitrogens with zero attached hydrogens (tertiary/aromatic N) is 4. The van der Waals surface area contributed by atoms with Gasteiger partial charge >= 0.3 is 0 Å². The molecule has 0 saturated heterocycles. The van der Waals surface area contributed by atoms with Gasteiger partial charge in [-0.05, 0) is 17.2 Å². The lowest BCUT2D eigenvalue weighted by Gasteiger charge is -2.29. The number of carbonyl (C=O) groups excluding carboxylic acids is 2. The Bertz CT molecular complexity index is 1040. The molecule has 2 amide bonds. The number of thiazole rings is 1. The highest BCUT2D eigenvalue weighted by Crippen LogP contribution is 2.31. The standard InChI is InChI=1S/C20H17N5O2S/c26-18-7-22-19-17(25(18)10-16-11-28-12-23-16)5-15(6-21-19)20(27)24-8-13-3-1-2-4-14(13)9-24/h1-6,11-12H,7-10H2,(H,21,22). The molecule has 2 aliphatic heterocycles. The zero-order valence-electron chi connectivity index (χ0n) is 15.0. The Kier molecular flexibility index (Phi) is 4.05. The average Bonchev–Trinajstić information content (AvgIpc) is 3.38. The van der Waals surface area contributed by atoms with Gasteiger partial charge in [-0.1, -0.05) is 24.3 Å². The largest absolute Gasteiger partial charge is 0.359 e. The third-order valence-electron chi connectivity index (χ3n) is 5.05. The highest BCUT2D eigenvalue weighted by Gasteiger charge is 2.29. The van der Waals surface area contributed by atoms with Crippen LogP contribution < -0.4 is 10.2 Å². The molecule has 2 aromatic heterocycles. The van der Waals surface area contributed by atoms with E-state index in [2.05, 4.69) is 15.3 Å². The molecular formula is C20H17N5O2S. The third-order valence-corrected chi connectivity index (χ3v) is 5.68. The summed E-state index contributed by atoms with van der Waals surface area (Å²) < 4.78 is 0. The minimum absolute atomic E-state index is 0.0690. The summed E-state index contributed by atoms with van der Waals surface area (Å²) in [7, 11) is 0. The zero-order chi connectivity index (χ0) is 19.1. The van der Waals surface area contributed by atoms with Gasteiger partial charge in [-0.15, -0.1) is 11.3 Å². The summed E-state index contributed by atoms with van der Waals surface area (Å²) in [5.74, 6) is 0.453. The van der Waals surface area contributed by atoms with Crippen molar-refractivity contribution < 1.29 is 9.59 Å². The fraction of sp³-hybridized carbons (Fsp3) is 0.200. The van der Waals surface area contributed by atoms with Crippen molar-refractivity contribution in [2.45, 2.75) is 19.6 Å². The Balaban J connectivity index is 1.44. The quantitative estimate of drug-likeness (QED) is 0.743. The van der Waals surface area contributed by atoms with Crippen molar-refractivity contribution >= 4 is 34.7 Å². The van der Waals surface area contributed by atoms with Crippen LogP contribution in [0.1, 0.15) is 27.2 Å². The maximum atomic E-state index is 13.1. The van der Waals surface area contributed by atoms with Crippen LogP contribution in [0.4, 0.5) is 11.5 Å². The zero-order valence-corrected chi connectivity index (χ0v) is 15.8. The highest BCUT2D eigenvalue weighted by atomic mass is 32.1. The maximum absolute atomic E-state index is 13.1. The molecule has 0 radical (unpaired) electrons. The van der Waals surface area contributed by atoms with Gasteiger partial charge in [0.2, 0.25) is 5.91 Å². The molecule has 0 fully saturated rings. The minimum atomic E-state index is -0.0851. The molecule has 4 heterocycles. The summed E-state index contributed by atoms with van der Waals surface area (Å²) in [6, 6.07) is 9.82. The Labute approximate surface area is 165 Å². The van der Waals surface area contributed by atoms with Crippen LogP contribution in [-0.4, -0.2) is 33.2 Å². The lowest BCUT2D eigenvalue weighted by atomic mass is 10.1. The van der Waals surface area contributed by atoms with E-state index in [1.54, 1.807) is 27.6 Å². The van der Waals surface area contributed by atoms with Gasteiger partial charge < -0.3 is 15.1 Å². The van der Waals surface area contributed by atoms with E-state index in [9.17, 15) is 9.59 Å². The van der Waals surface area contributed by atoms with Gasteiger partial charge in [-0.2, -0.15) is 0 Å². The van der Waals surface area contributed by atoms with Crippen molar-refractivity contribution in [1.82, 2.24) is 14.9 Å². The summed E-state index contributed by atoms with van der Waals surface area (Å²) in [5, 5.41) is 4.94. The van der Waals surface area contributed by atoms with Gasteiger partial charge in [-0.3, -0.25) is 9.59 Å². The fourth-order valence-corrected chi connectivity index (χ4v) is 4.16. The Hall–Kier alpha value is -3.26. The Morgan fingerprint density at radius 2 is 1.96 bits per heavy atom. The normalized spacial score (nSPS) is 15.2. The highest BCUT2D eigenvalue weighted by molar-refractivity contribution is 7.07. The first-order valence-electron chi connectivity index (χ1n) is 8.96. The van der Waals surface area contributed by atoms with E-state index in [4.69, 9.17) is 0 Å². The van der Waals surface area contributed by atoms with E-state index in [1.807, 2.05) is 29.6 Å². The molecule has 28 heavy (non-hydrogen) atoms. The number of hydrogen-bond donors (Lipinski definition) is 1. The second-order valence-electron chi connectivity index (χ2n) is 6.83. The number of fused-ring (bicyclic) bond motifs is 2. The molecule has 0 aliphatic carbocycles. The number of carbonyl (C=O) groups is 2. The first-order chi connectivity index (χ1) is 13.7. The number of rotatable bonds is 3. The molecule has 0 spiro atoms. The number of aromatic nitrogens is 2. The van der Waals surface area contributed by atoms with Crippen LogP contribution in [0, 0.1) is 0 Å². The monoisotopic (exact) mass is 391 g/mol. The van der Waals surface area contributed by atoms with Crippen molar-refractivity contribution in [3.05, 3.63) is 69.8 Å². The maximum Gasteiger partial charge on any atom is 0.256 e. The first-order valence-corrected chi connectivity index (χ1v) is 9.91. The summed E-state index contributed by atoms with van der Waals surface area (Å²) in [4.78, 5) is 37.7. The van der Waals surface area contributed by atoms with Gasteiger partial charge in [0.1, 0.15) is 0 Å². The molecule has 7 nitrogen and oxygen atoms in total. The van der Waals surface area contributed by atoms with E-state index < -0.39 is 0 Å². The molecule has 3 aromatic rings. The van der Waals surface area contributed by atoms with E-state index in [-0.39, 0.29) is 18.4 Å². The molecule has 0 saturated carbocycles. The number of nitrogens with one attached hydrogen (secondary N) is 1. The van der Waals surface area contributed by atoms with Crippen LogP contribution in [-0.2, 0) is 24.4 Å². The molecule has 0 unspecified atom stereocenters. The number of amides is 2. The van der Waals surface area contributed by atoms with E-state index in [0.717, 1.165) is 5.69 Å². The van der Waals surface area contributed by atoms with E-state index in [0.29, 0.717) is 36.7 Å². The second-order valence-corrected chi connectivity index (χ2v) is 7.55. The number of benzene rings is 1. The van der Waals surface area contributed by atoms with Crippen LogP contribution in [0.3, 0.4) is 0 Å². The third kappa shape index (κ3) is 2.91. The second kappa shape index (κ2) is 6.72. The Morgan fingerprint density at radius 1 is 1.18 bits per heavy atom. The van der Waals surface area contributed by atoms with Crippen molar-refractivity contribution in [2.24, 2.45) is 0 Å². The van der Waals surface area contributed by atoms with Crippen molar-refractivity contribution in [3.63, 3.8) is 0 Å². The predicted octanol–water partition coefficient (Wildman–Crippen LogP) is 2.65. The van der Waals surface area contributed by atoms with E-state index in [1.165, 1.54) is 22.5 Å². The molecule has 1 N–H and O–H groups in total. The summed E-state index contributed by atoms with van der Waals surface area (Å²) in [6.07, 6.45) is 1.58. The van der Waals surface area contributed by atoms with Crippen molar-refractivity contribution in [1.29, 1.82) is 0 Å². The van der Waals surface area contributed by atoms with Crippen LogP contribution >= 0.6 is 11.3 Å². The smallest absolute Gasteiger partial charge is 0.256 e. The molecular weight excluding hydrogens is 374 g/mol. The fourth-order valence-electron chi connectivity index (χ4n) is 3.61. The number of hydrogen-bond acceptors (Lipinski definition) is 6. The first kappa shape index (κ1) is 16.9. The van der Waals surface area contributed by atoms with Gasteiger partial charge in [0.05, 0.1) is 35.5 Å². The van der Waals surface area contributed by atoms with Gasteiger partial charge in [0.15, 0.2) is 5.82 Å². The lowest BCUT2D eigenvalue weighted by molar-refractivity contribution is -0.117. The average molecular weight is 391 g/mol. The molecule has 140 valence electrons. The van der Waals surface area contributed by atoms with Crippen molar-refractivity contribution in [3.8, 4) is 0 Å². The number of anilines is 2. The van der Waals surface area contributed by atoms with Crippen LogP contribution in [0.5, 0.6) is 0 Å². The molecule has 0 bridgehead atoms. The van der Waals surface area contributed by atoms with Crippen LogP contribution in [0.25, 0.3) is 0 Å². The lowest BCUT2D eigenvalue weighted by Crippen LogP contribution is -2.40. The minimum Gasteiger partial charge on any atom is -0.359 e. The molecule has 1 aromatic carbocycles. The Morgan fingerprint density at radius 3 is 2.68 bits per heavy atom. The van der Waals surface area contributed by atoms with Gasteiger partial charge in [-0.25, -0.2) is 9.97 Å². The molecule has 0 atom stereocenters. The molecule has 8 heteroatoms. The van der Waals surface area contributed by atoms with Crippen molar-refractivity contribution in [2.75, 3.05) is 16.8 Å². The summed E-state index contributed by atoms with van der Waals surface area (Å²) in [6.45, 7) is 1.72. The van der Waals surface area contributed by atoms with E-state index >= 15 is 0 Å².